The highest BCUT2D eigenvalue weighted by molar-refractivity contribution is 4.99. The van der Waals surface area contributed by atoms with E-state index in [1.165, 1.54) is 32.1 Å². The average Bonchev–Trinajstić information content (AvgIpc) is 3.10. The zero-order chi connectivity index (χ0) is 14.9. The van der Waals surface area contributed by atoms with Crippen LogP contribution in [0.3, 0.4) is 0 Å². The Morgan fingerprint density at radius 3 is 2.52 bits per heavy atom. The van der Waals surface area contributed by atoms with Crippen LogP contribution in [0.2, 0.25) is 0 Å². The molecule has 4 atom stereocenters. The summed E-state index contributed by atoms with van der Waals surface area (Å²) in [5.74, 6) is 3.08. The Balaban J connectivity index is 1.64. The van der Waals surface area contributed by atoms with E-state index < -0.39 is 0 Å². The highest BCUT2D eigenvalue weighted by Gasteiger charge is 2.43. The standard InChI is InChI=1S/C18H34N2O/c1-4-19-17(13-16-12-14-5-6-15(16)11-14)18(2,3)20-7-9-21-10-8-20/h14-17,19H,4-13H2,1-3H3. The third-order valence-corrected chi connectivity index (χ3v) is 6.55. The van der Waals surface area contributed by atoms with Crippen molar-refractivity contribution in [2.24, 2.45) is 17.8 Å². The monoisotopic (exact) mass is 294 g/mol. The minimum Gasteiger partial charge on any atom is -0.379 e. The lowest BCUT2D eigenvalue weighted by atomic mass is 9.78. The van der Waals surface area contributed by atoms with E-state index in [0.717, 1.165) is 50.6 Å². The summed E-state index contributed by atoms with van der Waals surface area (Å²) in [5, 5.41) is 3.82. The van der Waals surface area contributed by atoms with Gasteiger partial charge in [-0.1, -0.05) is 13.3 Å². The van der Waals surface area contributed by atoms with Crippen LogP contribution >= 0.6 is 0 Å². The highest BCUT2D eigenvalue weighted by Crippen LogP contribution is 2.50. The first-order chi connectivity index (χ1) is 10.1. The van der Waals surface area contributed by atoms with Crippen molar-refractivity contribution in [2.75, 3.05) is 32.8 Å². The van der Waals surface area contributed by atoms with Crippen LogP contribution in [0, 0.1) is 17.8 Å². The number of fused-ring (bicyclic) bond motifs is 2. The number of nitrogens with one attached hydrogen (secondary N) is 1. The molecule has 1 heterocycles. The fourth-order valence-corrected chi connectivity index (χ4v) is 5.20. The van der Waals surface area contributed by atoms with Crippen molar-refractivity contribution in [1.29, 1.82) is 0 Å². The van der Waals surface area contributed by atoms with E-state index in [4.69, 9.17) is 4.74 Å². The normalized spacial score (nSPS) is 35.3. The number of hydrogen-bond donors (Lipinski definition) is 1. The first-order valence-electron chi connectivity index (χ1n) is 9.17. The Kier molecular flexibility index (Phi) is 4.92. The van der Waals surface area contributed by atoms with Crippen molar-refractivity contribution in [2.45, 2.75) is 64.5 Å². The Morgan fingerprint density at radius 1 is 1.19 bits per heavy atom. The molecule has 2 aliphatic carbocycles. The van der Waals surface area contributed by atoms with Gasteiger partial charge in [0.25, 0.3) is 0 Å². The third kappa shape index (κ3) is 3.30. The van der Waals surface area contributed by atoms with Gasteiger partial charge in [-0.25, -0.2) is 0 Å². The molecular weight excluding hydrogens is 260 g/mol. The van der Waals surface area contributed by atoms with Gasteiger partial charge in [-0.05, 0) is 63.8 Å². The van der Waals surface area contributed by atoms with Crippen LogP contribution in [0.5, 0.6) is 0 Å². The average molecular weight is 294 g/mol. The first-order valence-corrected chi connectivity index (χ1v) is 9.17. The lowest BCUT2D eigenvalue weighted by molar-refractivity contribution is -0.0271. The predicted octanol–water partition coefficient (Wildman–Crippen LogP) is 2.90. The van der Waals surface area contributed by atoms with Gasteiger partial charge in [-0.3, -0.25) is 4.90 Å². The van der Waals surface area contributed by atoms with E-state index >= 15 is 0 Å². The molecule has 3 heteroatoms. The highest BCUT2D eigenvalue weighted by atomic mass is 16.5. The molecule has 3 nitrogen and oxygen atoms in total. The number of hydrogen-bond acceptors (Lipinski definition) is 3. The fraction of sp³-hybridized carbons (Fsp3) is 1.00. The summed E-state index contributed by atoms with van der Waals surface area (Å²) in [6.45, 7) is 12.2. The molecule has 122 valence electrons. The van der Waals surface area contributed by atoms with Crippen LogP contribution in [0.25, 0.3) is 0 Å². The van der Waals surface area contributed by atoms with Crippen molar-refractivity contribution >= 4 is 0 Å². The van der Waals surface area contributed by atoms with Crippen LogP contribution in [-0.2, 0) is 4.74 Å². The van der Waals surface area contributed by atoms with Gasteiger partial charge in [0, 0.05) is 24.7 Å². The zero-order valence-corrected chi connectivity index (χ0v) is 14.2. The van der Waals surface area contributed by atoms with Gasteiger partial charge in [-0.2, -0.15) is 0 Å². The lowest BCUT2D eigenvalue weighted by Crippen LogP contribution is -2.61. The maximum Gasteiger partial charge on any atom is 0.0594 e. The van der Waals surface area contributed by atoms with E-state index in [1.807, 2.05) is 0 Å². The molecule has 2 bridgehead atoms. The van der Waals surface area contributed by atoms with E-state index in [-0.39, 0.29) is 5.54 Å². The number of nitrogens with zero attached hydrogens (tertiary/aromatic N) is 1. The molecular formula is C18H34N2O. The van der Waals surface area contributed by atoms with E-state index in [9.17, 15) is 0 Å². The van der Waals surface area contributed by atoms with Crippen molar-refractivity contribution in [1.82, 2.24) is 10.2 Å². The van der Waals surface area contributed by atoms with Gasteiger partial charge in [0.2, 0.25) is 0 Å². The van der Waals surface area contributed by atoms with Gasteiger partial charge in [-0.15, -0.1) is 0 Å². The number of ether oxygens (including phenoxy) is 1. The largest absolute Gasteiger partial charge is 0.379 e. The molecule has 0 aromatic rings. The second-order valence-electron chi connectivity index (χ2n) is 8.03. The molecule has 3 fully saturated rings. The Hall–Kier alpha value is -0.120. The summed E-state index contributed by atoms with van der Waals surface area (Å²) >= 11 is 0. The molecule has 1 aliphatic heterocycles. The summed E-state index contributed by atoms with van der Waals surface area (Å²) in [6, 6.07) is 0.616. The smallest absolute Gasteiger partial charge is 0.0594 e. The number of morpholine rings is 1. The molecule has 21 heavy (non-hydrogen) atoms. The minimum atomic E-state index is 0.238. The molecule has 0 radical (unpaired) electrons. The summed E-state index contributed by atoms with van der Waals surface area (Å²) in [4.78, 5) is 2.65. The topological polar surface area (TPSA) is 24.5 Å². The maximum atomic E-state index is 5.55. The van der Waals surface area contributed by atoms with Gasteiger partial charge in [0.05, 0.1) is 13.2 Å². The molecule has 1 saturated heterocycles. The fourth-order valence-electron chi connectivity index (χ4n) is 5.20. The maximum absolute atomic E-state index is 5.55. The summed E-state index contributed by atoms with van der Waals surface area (Å²) < 4.78 is 5.55. The van der Waals surface area contributed by atoms with Crippen LogP contribution in [0.4, 0.5) is 0 Å². The predicted molar refractivity (Wildman–Crippen MR) is 87.5 cm³/mol. The minimum absolute atomic E-state index is 0.238. The molecule has 2 saturated carbocycles. The van der Waals surface area contributed by atoms with Gasteiger partial charge in [0.1, 0.15) is 0 Å². The van der Waals surface area contributed by atoms with Crippen LogP contribution in [0.1, 0.15) is 52.9 Å². The molecule has 1 N–H and O–H groups in total. The molecule has 0 aromatic carbocycles. The SMILES string of the molecule is CCNC(CC1CC2CCC1C2)C(C)(C)N1CCOCC1. The second-order valence-corrected chi connectivity index (χ2v) is 8.03. The third-order valence-electron chi connectivity index (χ3n) is 6.55. The van der Waals surface area contributed by atoms with E-state index in [0.29, 0.717) is 6.04 Å². The molecule has 3 rings (SSSR count). The van der Waals surface area contributed by atoms with Crippen LogP contribution in [0.15, 0.2) is 0 Å². The van der Waals surface area contributed by atoms with Gasteiger partial charge in [0.15, 0.2) is 0 Å². The Morgan fingerprint density at radius 2 is 1.95 bits per heavy atom. The van der Waals surface area contributed by atoms with Crippen molar-refractivity contribution in [3.8, 4) is 0 Å². The van der Waals surface area contributed by atoms with Gasteiger partial charge >= 0.3 is 0 Å². The molecule has 3 aliphatic rings. The quantitative estimate of drug-likeness (QED) is 0.815. The Bertz CT molecular complexity index is 338. The van der Waals surface area contributed by atoms with Crippen molar-refractivity contribution < 1.29 is 4.74 Å². The number of likely N-dealkylation sites (N-methyl/N-ethyl adjacent to an activating group) is 1. The lowest BCUT2D eigenvalue weighted by Gasteiger charge is -2.47. The molecule has 0 aromatic heterocycles. The Labute approximate surface area is 130 Å². The summed E-state index contributed by atoms with van der Waals surface area (Å²) in [5.41, 5.74) is 0.238. The van der Waals surface area contributed by atoms with Gasteiger partial charge < -0.3 is 10.1 Å². The summed E-state index contributed by atoms with van der Waals surface area (Å²) in [6.07, 6.45) is 7.43. The first kappa shape index (κ1) is 15.8. The van der Waals surface area contributed by atoms with Crippen molar-refractivity contribution in [3.05, 3.63) is 0 Å². The van der Waals surface area contributed by atoms with Crippen molar-refractivity contribution in [3.63, 3.8) is 0 Å². The van der Waals surface area contributed by atoms with E-state index in [2.05, 4.69) is 31.0 Å². The molecule has 4 unspecified atom stereocenters. The molecule has 0 amide bonds. The van der Waals surface area contributed by atoms with Crippen LogP contribution in [-0.4, -0.2) is 49.3 Å². The molecule has 0 spiro atoms. The van der Waals surface area contributed by atoms with Crippen LogP contribution < -0.4 is 5.32 Å². The summed E-state index contributed by atoms with van der Waals surface area (Å²) in [7, 11) is 0. The van der Waals surface area contributed by atoms with E-state index in [1.54, 1.807) is 0 Å². The zero-order valence-electron chi connectivity index (χ0n) is 14.2. The number of rotatable bonds is 6. The second kappa shape index (κ2) is 6.55.